The fourth-order valence-electron chi connectivity index (χ4n) is 2.00. The molecule has 0 aliphatic carbocycles. The Balaban J connectivity index is 1.71. The molecule has 2 rings (SSSR count). The summed E-state index contributed by atoms with van der Waals surface area (Å²) in [5, 5.41) is 3.56. The smallest absolute Gasteiger partial charge is 0.257 e. The molecule has 3 nitrogen and oxygen atoms in total. The fourth-order valence-corrected chi connectivity index (χ4v) is 2.13. The van der Waals surface area contributed by atoms with Gasteiger partial charge in [-0.1, -0.05) is 29.8 Å². The van der Waals surface area contributed by atoms with Crippen LogP contribution in [0.25, 0.3) is 0 Å². The summed E-state index contributed by atoms with van der Waals surface area (Å²) in [6.45, 7) is 4.68. The third kappa shape index (κ3) is 5.08. The quantitative estimate of drug-likeness (QED) is 0.882. The number of rotatable bonds is 6. The summed E-state index contributed by atoms with van der Waals surface area (Å²) in [4.78, 5) is 11.8. The molecule has 0 aromatic heterocycles. The average molecular weight is 318 g/mol. The number of nitrogens with one attached hydrogen (secondary N) is 1. The second-order valence-electron chi connectivity index (χ2n) is 5.26. The number of ether oxygens (including phenoxy) is 1. The van der Waals surface area contributed by atoms with Crippen LogP contribution < -0.4 is 10.1 Å². The lowest BCUT2D eigenvalue weighted by Crippen LogP contribution is -2.30. The van der Waals surface area contributed by atoms with E-state index in [2.05, 4.69) is 5.32 Å². The summed E-state index contributed by atoms with van der Waals surface area (Å²) in [6.07, 6.45) is 0.770. The molecule has 0 aliphatic heterocycles. The number of aryl methyl sites for hydroxylation is 2. The molecule has 0 saturated heterocycles. The van der Waals surface area contributed by atoms with Gasteiger partial charge in [0, 0.05) is 11.6 Å². The van der Waals surface area contributed by atoms with E-state index in [9.17, 15) is 4.79 Å². The van der Waals surface area contributed by atoms with Crippen LogP contribution in [-0.4, -0.2) is 19.1 Å². The van der Waals surface area contributed by atoms with E-state index in [4.69, 9.17) is 16.3 Å². The molecule has 4 heteroatoms. The fraction of sp³-hybridized carbons (Fsp3) is 0.278. The van der Waals surface area contributed by atoms with Gasteiger partial charge in [0.1, 0.15) is 5.75 Å². The zero-order valence-electron chi connectivity index (χ0n) is 12.9. The molecular weight excluding hydrogens is 298 g/mol. The van der Waals surface area contributed by atoms with E-state index in [-0.39, 0.29) is 12.5 Å². The number of carbonyl (C=O) groups excluding carboxylic acids is 1. The Kier molecular flexibility index (Phi) is 5.84. The van der Waals surface area contributed by atoms with Crippen molar-refractivity contribution in [3.05, 3.63) is 64.2 Å². The van der Waals surface area contributed by atoms with Crippen molar-refractivity contribution in [2.75, 3.05) is 13.2 Å². The Morgan fingerprint density at radius 1 is 1.09 bits per heavy atom. The number of hydrogen-bond acceptors (Lipinski definition) is 2. The van der Waals surface area contributed by atoms with E-state index < -0.39 is 0 Å². The summed E-state index contributed by atoms with van der Waals surface area (Å²) >= 11 is 5.83. The summed E-state index contributed by atoms with van der Waals surface area (Å²) in [5.41, 5.74) is 3.50. The molecular formula is C18H20ClNO2. The molecule has 22 heavy (non-hydrogen) atoms. The van der Waals surface area contributed by atoms with Gasteiger partial charge in [0.25, 0.3) is 5.91 Å². The van der Waals surface area contributed by atoms with Crippen LogP contribution in [0.15, 0.2) is 42.5 Å². The van der Waals surface area contributed by atoms with E-state index in [1.165, 1.54) is 5.56 Å². The van der Waals surface area contributed by atoms with Crippen LogP contribution in [0, 0.1) is 13.8 Å². The van der Waals surface area contributed by atoms with Crippen molar-refractivity contribution in [3.63, 3.8) is 0 Å². The van der Waals surface area contributed by atoms with E-state index in [1.807, 2.05) is 56.3 Å². The molecule has 1 amide bonds. The summed E-state index contributed by atoms with van der Waals surface area (Å²) in [5.74, 6) is 0.600. The third-order valence-corrected chi connectivity index (χ3v) is 3.75. The van der Waals surface area contributed by atoms with E-state index in [0.717, 1.165) is 28.3 Å². The number of amides is 1. The lowest BCUT2D eigenvalue weighted by Gasteiger charge is -2.09. The number of hydrogen-bond donors (Lipinski definition) is 1. The Hall–Kier alpha value is -2.00. The van der Waals surface area contributed by atoms with E-state index >= 15 is 0 Å². The number of benzene rings is 2. The van der Waals surface area contributed by atoms with Gasteiger partial charge in [0.15, 0.2) is 6.61 Å². The van der Waals surface area contributed by atoms with E-state index in [0.29, 0.717) is 6.54 Å². The standard InChI is InChI=1S/C18H20ClNO2/c1-13-3-8-17(11-14(13)2)22-12-18(21)20-10-9-15-4-6-16(19)7-5-15/h3-8,11H,9-10,12H2,1-2H3,(H,20,21). The van der Waals surface area contributed by atoms with Crippen LogP contribution in [0.3, 0.4) is 0 Å². The maximum Gasteiger partial charge on any atom is 0.257 e. The van der Waals surface area contributed by atoms with Gasteiger partial charge < -0.3 is 10.1 Å². The van der Waals surface area contributed by atoms with Gasteiger partial charge >= 0.3 is 0 Å². The molecule has 2 aromatic rings. The highest BCUT2D eigenvalue weighted by Gasteiger charge is 2.03. The summed E-state index contributed by atoms with van der Waals surface area (Å²) in [7, 11) is 0. The summed E-state index contributed by atoms with van der Waals surface area (Å²) in [6, 6.07) is 13.4. The van der Waals surface area contributed by atoms with Gasteiger partial charge in [-0.3, -0.25) is 4.79 Å². The largest absolute Gasteiger partial charge is 0.484 e. The van der Waals surface area contributed by atoms with Crippen molar-refractivity contribution in [2.45, 2.75) is 20.3 Å². The predicted octanol–water partition coefficient (Wildman–Crippen LogP) is 3.69. The minimum absolute atomic E-state index is 0.0309. The number of halogens is 1. The SMILES string of the molecule is Cc1ccc(OCC(=O)NCCc2ccc(Cl)cc2)cc1C. The van der Waals surface area contributed by atoms with Gasteiger partial charge in [-0.05, 0) is 61.2 Å². The molecule has 1 N–H and O–H groups in total. The highest BCUT2D eigenvalue weighted by Crippen LogP contribution is 2.16. The van der Waals surface area contributed by atoms with E-state index in [1.54, 1.807) is 0 Å². The van der Waals surface area contributed by atoms with Crippen molar-refractivity contribution in [3.8, 4) is 5.75 Å². The Morgan fingerprint density at radius 3 is 2.50 bits per heavy atom. The molecule has 0 bridgehead atoms. The van der Waals surface area contributed by atoms with Gasteiger partial charge in [0.2, 0.25) is 0 Å². The molecule has 0 fully saturated rings. The van der Waals surface area contributed by atoms with Crippen LogP contribution in [0.4, 0.5) is 0 Å². The van der Waals surface area contributed by atoms with Crippen molar-refractivity contribution in [1.29, 1.82) is 0 Å². The van der Waals surface area contributed by atoms with Crippen LogP contribution in [0.1, 0.15) is 16.7 Å². The zero-order valence-corrected chi connectivity index (χ0v) is 13.6. The molecule has 0 heterocycles. The lowest BCUT2D eigenvalue weighted by atomic mass is 10.1. The first-order valence-electron chi connectivity index (χ1n) is 7.26. The predicted molar refractivity (Wildman–Crippen MR) is 89.6 cm³/mol. The second-order valence-corrected chi connectivity index (χ2v) is 5.70. The highest BCUT2D eigenvalue weighted by molar-refractivity contribution is 6.30. The monoisotopic (exact) mass is 317 g/mol. The van der Waals surface area contributed by atoms with Crippen LogP contribution in [0.5, 0.6) is 5.75 Å². The molecule has 0 saturated carbocycles. The van der Waals surface area contributed by atoms with Crippen molar-refractivity contribution in [2.24, 2.45) is 0 Å². The van der Waals surface area contributed by atoms with Gasteiger partial charge in [-0.15, -0.1) is 0 Å². The maximum atomic E-state index is 11.8. The average Bonchev–Trinajstić information content (AvgIpc) is 2.50. The zero-order chi connectivity index (χ0) is 15.9. The minimum atomic E-state index is -0.118. The Morgan fingerprint density at radius 2 is 1.82 bits per heavy atom. The Labute approximate surface area is 136 Å². The number of carbonyl (C=O) groups is 1. The second kappa shape index (κ2) is 7.85. The molecule has 2 aromatic carbocycles. The molecule has 0 spiro atoms. The Bertz CT molecular complexity index is 638. The normalized spacial score (nSPS) is 10.3. The minimum Gasteiger partial charge on any atom is -0.484 e. The van der Waals surface area contributed by atoms with Crippen LogP contribution >= 0.6 is 11.6 Å². The van der Waals surface area contributed by atoms with Gasteiger partial charge in [-0.2, -0.15) is 0 Å². The molecule has 116 valence electrons. The third-order valence-electron chi connectivity index (χ3n) is 3.50. The van der Waals surface area contributed by atoms with Gasteiger partial charge in [-0.25, -0.2) is 0 Å². The first-order chi connectivity index (χ1) is 10.5. The molecule has 0 aliphatic rings. The molecule has 0 atom stereocenters. The van der Waals surface area contributed by atoms with Crippen molar-refractivity contribution < 1.29 is 9.53 Å². The van der Waals surface area contributed by atoms with Crippen LogP contribution in [0.2, 0.25) is 5.02 Å². The first-order valence-corrected chi connectivity index (χ1v) is 7.63. The maximum absolute atomic E-state index is 11.8. The molecule has 0 unspecified atom stereocenters. The summed E-state index contributed by atoms with van der Waals surface area (Å²) < 4.78 is 5.49. The highest BCUT2D eigenvalue weighted by atomic mass is 35.5. The topological polar surface area (TPSA) is 38.3 Å². The van der Waals surface area contributed by atoms with Crippen molar-refractivity contribution >= 4 is 17.5 Å². The molecule has 0 radical (unpaired) electrons. The first kappa shape index (κ1) is 16.4. The van der Waals surface area contributed by atoms with Gasteiger partial charge in [0.05, 0.1) is 0 Å². The van der Waals surface area contributed by atoms with Crippen LogP contribution in [-0.2, 0) is 11.2 Å². The lowest BCUT2D eigenvalue weighted by molar-refractivity contribution is -0.123. The van der Waals surface area contributed by atoms with Crippen molar-refractivity contribution in [1.82, 2.24) is 5.32 Å².